The second-order valence-electron chi connectivity index (χ2n) is 4.89. The summed E-state index contributed by atoms with van der Waals surface area (Å²) in [5, 5.41) is 6.46. The zero-order chi connectivity index (χ0) is 16.7. The van der Waals surface area contributed by atoms with Gasteiger partial charge in [-0.25, -0.2) is 4.68 Å². The molecule has 1 amide bonds. The molecule has 0 unspecified atom stereocenters. The van der Waals surface area contributed by atoms with E-state index in [1.807, 2.05) is 30.3 Å². The summed E-state index contributed by atoms with van der Waals surface area (Å²) in [6.45, 7) is -1.68. The van der Waals surface area contributed by atoms with Crippen LogP contribution in [0.1, 0.15) is 12.0 Å². The van der Waals surface area contributed by atoms with Crippen molar-refractivity contribution in [1.29, 1.82) is 0 Å². The number of aryl methyl sites for hydroxylation is 1. The number of benzene rings is 1. The highest BCUT2D eigenvalue weighted by molar-refractivity contribution is 5.90. The van der Waals surface area contributed by atoms with Crippen LogP contribution >= 0.6 is 0 Å². The van der Waals surface area contributed by atoms with Gasteiger partial charge in [-0.05, 0) is 12.0 Å². The molecule has 0 saturated heterocycles. The average Bonchev–Trinajstić information content (AvgIpc) is 2.92. The quantitative estimate of drug-likeness (QED) is 0.850. The first kappa shape index (κ1) is 17.0. The molecule has 0 aliphatic heterocycles. The SMILES string of the molecule is O=C(CCc1ccccc1)Nc1cnn(COCC(F)(F)F)c1. The summed E-state index contributed by atoms with van der Waals surface area (Å²) in [5.41, 5.74) is 1.47. The lowest BCUT2D eigenvalue weighted by molar-refractivity contribution is -0.182. The van der Waals surface area contributed by atoms with Crippen molar-refractivity contribution in [2.75, 3.05) is 11.9 Å². The maximum atomic E-state index is 11.9. The first-order chi connectivity index (χ1) is 10.9. The molecule has 0 atom stereocenters. The van der Waals surface area contributed by atoms with E-state index in [1.54, 1.807) is 0 Å². The van der Waals surface area contributed by atoms with E-state index in [9.17, 15) is 18.0 Å². The predicted octanol–water partition coefficient (Wildman–Crippen LogP) is 2.99. The van der Waals surface area contributed by atoms with Gasteiger partial charge in [-0.1, -0.05) is 30.3 Å². The van der Waals surface area contributed by atoms with Gasteiger partial charge >= 0.3 is 6.18 Å². The zero-order valence-corrected chi connectivity index (χ0v) is 12.2. The number of rotatable bonds is 7. The Balaban J connectivity index is 1.74. The van der Waals surface area contributed by atoms with Gasteiger partial charge in [-0.15, -0.1) is 0 Å². The third kappa shape index (κ3) is 6.52. The molecule has 1 aromatic heterocycles. The minimum Gasteiger partial charge on any atom is -0.350 e. The lowest BCUT2D eigenvalue weighted by Crippen LogP contribution is -2.18. The lowest BCUT2D eigenvalue weighted by atomic mass is 10.1. The van der Waals surface area contributed by atoms with E-state index in [4.69, 9.17) is 0 Å². The van der Waals surface area contributed by atoms with Gasteiger partial charge in [0.2, 0.25) is 5.91 Å². The minimum atomic E-state index is -4.37. The van der Waals surface area contributed by atoms with E-state index in [1.165, 1.54) is 17.1 Å². The van der Waals surface area contributed by atoms with Crippen LogP contribution in [0.4, 0.5) is 18.9 Å². The van der Waals surface area contributed by atoms with Crippen LogP contribution in [0, 0.1) is 0 Å². The molecule has 8 heteroatoms. The molecule has 0 bridgehead atoms. The molecular weight excluding hydrogens is 311 g/mol. The monoisotopic (exact) mass is 327 g/mol. The Morgan fingerprint density at radius 2 is 2.00 bits per heavy atom. The molecular formula is C15H16F3N3O2. The van der Waals surface area contributed by atoms with E-state index in [2.05, 4.69) is 15.2 Å². The van der Waals surface area contributed by atoms with Crippen molar-refractivity contribution in [3.05, 3.63) is 48.3 Å². The van der Waals surface area contributed by atoms with Gasteiger partial charge in [0.05, 0.1) is 18.1 Å². The minimum absolute atomic E-state index is 0.190. The number of nitrogens with zero attached hydrogens (tertiary/aromatic N) is 2. The molecule has 1 N–H and O–H groups in total. The molecule has 0 aliphatic carbocycles. The molecule has 5 nitrogen and oxygen atoms in total. The molecule has 2 aromatic rings. The fourth-order valence-corrected chi connectivity index (χ4v) is 1.88. The van der Waals surface area contributed by atoms with Crippen LogP contribution in [0.5, 0.6) is 0 Å². The van der Waals surface area contributed by atoms with Crippen molar-refractivity contribution in [2.24, 2.45) is 0 Å². The fourth-order valence-electron chi connectivity index (χ4n) is 1.88. The number of halogens is 3. The number of ether oxygens (including phenoxy) is 1. The van der Waals surface area contributed by atoms with Gasteiger partial charge in [0.15, 0.2) is 0 Å². The average molecular weight is 327 g/mol. The van der Waals surface area contributed by atoms with Crippen LogP contribution in [-0.2, 0) is 22.7 Å². The highest BCUT2D eigenvalue weighted by Gasteiger charge is 2.27. The van der Waals surface area contributed by atoms with Crippen LogP contribution < -0.4 is 5.32 Å². The molecule has 124 valence electrons. The second-order valence-corrected chi connectivity index (χ2v) is 4.89. The van der Waals surface area contributed by atoms with Crippen LogP contribution in [0.25, 0.3) is 0 Å². The Kier molecular flexibility index (Phi) is 5.75. The van der Waals surface area contributed by atoms with Crippen LogP contribution in [0.2, 0.25) is 0 Å². The predicted molar refractivity (Wildman–Crippen MR) is 77.6 cm³/mol. The standard InChI is InChI=1S/C15H16F3N3O2/c16-15(17,18)10-23-11-21-9-13(8-19-21)20-14(22)7-6-12-4-2-1-3-5-12/h1-5,8-9H,6-7,10-11H2,(H,20,22). The van der Waals surface area contributed by atoms with Crippen molar-refractivity contribution < 1.29 is 22.7 Å². The van der Waals surface area contributed by atoms with Gasteiger partial charge in [0.1, 0.15) is 13.3 Å². The van der Waals surface area contributed by atoms with Gasteiger partial charge < -0.3 is 10.1 Å². The summed E-state index contributed by atoms with van der Waals surface area (Å²) in [6, 6.07) is 9.57. The van der Waals surface area contributed by atoms with Gasteiger partial charge in [0.25, 0.3) is 0 Å². The summed E-state index contributed by atoms with van der Waals surface area (Å²) in [5.74, 6) is -0.190. The molecule has 1 heterocycles. The van der Waals surface area contributed by atoms with Crippen molar-refractivity contribution >= 4 is 11.6 Å². The maximum Gasteiger partial charge on any atom is 0.411 e. The van der Waals surface area contributed by atoms with Crippen LogP contribution in [0.15, 0.2) is 42.7 Å². The number of carbonyl (C=O) groups excluding carboxylic acids is 1. The molecule has 23 heavy (non-hydrogen) atoms. The molecule has 0 radical (unpaired) electrons. The number of nitrogens with one attached hydrogen (secondary N) is 1. The van der Waals surface area contributed by atoms with Gasteiger partial charge in [-0.2, -0.15) is 18.3 Å². The first-order valence-corrected chi connectivity index (χ1v) is 6.93. The normalized spacial score (nSPS) is 11.4. The highest BCUT2D eigenvalue weighted by Crippen LogP contribution is 2.15. The highest BCUT2D eigenvalue weighted by atomic mass is 19.4. The summed E-state index contributed by atoms with van der Waals surface area (Å²) < 4.78 is 41.5. The molecule has 0 saturated carbocycles. The van der Waals surface area contributed by atoms with E-state index < -0.39 is 12.8 Å². The Labute approximate surface area is 131 Å². The number of hydrogen-bond donors (Lipinski definition) is 1. The summed E-state index contributed by atoms with van der Waals surface area (Å²) in [4.78, 5) is 11.8. The number of hydrogen-bond acceptors (Lipinski definition) is 3. The summed E-state index contributed by atoms with van der Waals surface area (Å²) in [7, 11) is 0. The number of amides is 1. The second kappa shape index (κ2) is 7.77. The molecule has 0 spiro atoms. The van der Waals surface area contributed by atoms with Crippen molar-refractivity contribution in [1.82, 2.24) is 9.78 Å². The number of anilines is 1. The summed E-state index contributed by atoms with van der Waals surface area (Å²) in [6.07, 6.45) is -0.689. The zero-order valence-electron chi connectivity index (χ0n) is 12.2. The Morgan fingerprint density at radius 1 is 1.26 bits per heavy atom. The lowest BCUT2D eigenvalue weighted by Gasteiger charge is -2.07. The Hall–Kier alpha value is -2.35. The fraction of sp³-hybridized carbons (Fsp3) is 0.333. The Morgan fingerprint density at radius 3 is 2.70 bits per heavy atom. The molecule has 2 rings (SSSR count). The van der Waals surface area contributed by atoms with E-state index in [0.29, 0.717) is 18.5 Å². The largest absolute Gasteiger partial charge is 0.411 e. The Bertz CT molecular complexity index is 626. The smallest absolute Gasteiger partial charge is 0.350 e. The topological polar surface area (TPSA) is 56.2 Å². The maximum absolute atomic E-state index is 11.9. The van der Waals surface area contributed by atoms with Crippen molar-refractivity contribution in [3.63, 3.8) is 0 Å². The number of carbonyl (C=O) groups is 1. The summed E-state index contributed by atoms with van der Waals surface area (Å²) >= 11 is 0. The van der Waals surface area contributed by atoms with Crippen LogP contribution in [0.3, 0.4) is 0 Å². The van der Waals surface area contributed by atoms with Crippen LogP contribution in [-0.4, -0.2) is 28.5 Å². The third-order valence-electron chi connectivity index (χ3n) is 2.89. The number of aromatic nitrogens is 2. The third-order valence-corrected chi connectivity index (χ3v) is 2.89. The van der Waals surface area contributed by atoms with Gasteiger partial charge in [0, 0.05) is 6.42 Å². The van der Waals surface area contributed by atoms with E-state index in [0.717, 1.165) is 5.56 Å². The number of alkyl halides is 3. The molecule has 1 aromatic carbocycles. The van der Waals surface area contributed by atoms with Gasteiger partial charge in [-0.3, -0.25) is 4.79 Å². The van der Waals surface area contributed by atoms with E-state index >= 15 is 0 Å². The molecule has 0 fully saturated rings. The first-order valence-electron chi connectivity index (χ1n) is 6.93. The molecule has 0 aliphatic rings. The van der Waals surface area contributed by atoms with Crippen molar-refractivity contribution in [3.8, 4) is 0 Å². The van der Waals surface area contributed by atoms with Crippen molar-refractivity contribution in [2.45, 2.75) is 25.7 Å². The van der Waals surface area contributed by atoms with E-state index in [-0.39, 0.29) is 12.6 Å².